The Balaban J connectivity index is 2.10. The van der Waals surface area contributed by atoms with Crippen LogP contribution in [-0.2, 0) is 11.2 Å². The Labute approximate surface area is 129 Å². The quantitative estimate of drug-likeness (QED) is 0.792. The fraction of sp³-hybridized carbons (Fsp3) is 0.158. The molecule has 0 unspecified atom stereocenters. The normalized spacial score (nSPS) is 12.8. The van der Waals surface area contributed by atoms with Crippen molar-refractivity contribution in [2.45, 2.75) is 12.8 Å². The fourth-order valence-corrected chi connectivity index (χ4v) is 2.80. The smallest absolute Gasteiger partial charge is 0.337 e. The number of carbonyl (C=O) groups excluding carboxylic acids is 1. The third-order valence-electron chi connectivity index (χ3n) is 3.89. The summed E-state index contributed by atoms with van der Waals surface area (Å²) in [6.07, 6.45) is 4.08. The van der Waals surface area contributed by atoms with Crippen molar-refractivity contribution in [2.24, 2.45) is 0 Å². The van der Waals surface area contributed by atoms with Crippen molar-refractivity contribution in [2.75, 3.05) is 7.11 Å². The molecule has 0 aliphatic heterocycles. The molecule has 3 nitrogen and oxygen atoms in total. The van der Waals surface area contributed by atoms with E-state index in [4.69, 9.17) is 10.00 Å². The summed E-state index contributed by atoms with van der Waals surface area (Å²) >= 11 is 0. The number of fused-ring (bicyclic) bond motifs is 1. The molecule has 0 atom stereocenters. The minimum absolute atomic E-state index is 0.335. The Morgan fingerprint density at radius 2 is 2.09 bits per heavy atom. The maximum absolute atomic E-state index is 11.8. The highest BCUT2D eigenvalue weighted by atomic mass is 16.5. The molecule has 0 amide bonds. The number of rotatable bonds is 2. The van der Waals surface area contributed by atoms with Gasteiger partial charge in [0.1, 0.15) is 0 Å². The maximum Gasteiger partial charge on any atom is 0.337 e. The van der Waals surface area contributed by atoms with E-state index in [1.165, 1.54) is 12.7 Å². The molecular weight excluding hydrogens is 274 g/mol. The lowest BCUT2D eigenvalue weighted by Gasteiger charge is -2.19. The summed E-state index contributed by atoms with van der Waals surface area (Å²) < 4.78 is 4.80. The third-order valence-corrected chi connectivity index (χ3v) is 3.89. The lowest BCUT2D eigenvalue weighted by Crippen LogP contribution is -2.06. The average Bonchev–Trinajstić information content (AvgIpc) is 2.60. The number of ether oxygens (including phenoxy) is 1. The van der Waals surface area contributed by atoms with Crippen LogP contribution in [0, 0.1) is 11.3 Å². The highest BCUT2D eigenvalue weighted by Gasteiger charge is 2.17. The molecule has 1 aliphatic rings. The van der Waals surface area contributed by atoms with E-state index in [2.05, 4.69) is 12.1 Å². The van der Waals surface area contributed by atoms with E-state index in [9.17, 15) is 4.79 Å². The highest BCUT2D eigenvalue weighted by molar-refractivity contribution is 5.92. The van der Waals surface area contributed by atoms with E-state index in [0.29, 0.717) is 11.1 Å². The van der Waals surface area contributed by atoms with Gasteiger partial charge in [-0.2, -0.15) is 5.26 Å². The lowest BCUT2D eigenvalue weighted by molar-refractivity contribution is 0.0600. The zero-order chi connectivity index (χ0) is 15.5. The van der Waals surface area contributed by atoms with Gasteiger partial charge in [0.05, 0.1) is 24.3 Å². The van der Waals surface area contributed by atoms with Crippen LogP contribution >= 0.6 is 0 Å². The molecule has 0 fully saturated rings. The highest BCUT2D eigenvalue weighted by Crippen LogP contribution is 2.32. The Kier molecular flexibility index (Phi) is 3.76. The molecule has 2 aromatic rings. The molecule has 22 heavy (non-hydrogen) atoms. The molecule has 0 bridgehead atoms. The summed E-state index contributed by atoms with van der Waals surface area (Å²) in [6.45, 7) is 0. The molecule has 1 aliphatic carbocycles. The summed E-state index contributed by atoms with van der Waals surface area (Å²) in [5, 5.41) is 9.07. The van der Waals surface area contributed by atoms with Gasteiger partial charge in [-0.25, -0.2) is 4.79 Å². The second kappa shape index (κ2) is 5.87. The number of methoxy groups -OCH3 is 1. The van der Waals surface area contributed by atoms with Gasteiger partial charge in [-0.1, -0.05) is 24.3 Å². The van der Waals surface area contributed by atoms with Gasteiger partial charge in [-0.05, 0) is 59.4 Å². The minimum Gasteiger partial charge on any atom is -0.465 e. The van der Waals surface area contributed by atoms with Crippen LogP contribution in [0.2, 0.25) is 0 Å². The molecule has 108 valence electrons. The minimum atomic E-state index is -0.335. The first kappa shape index (κ1) is 14.1. The van der Waals surface area contributed by atoms with Crippen LogP contribution in [-0.4, -0.2) is 13.1 Å². The first-order valence-corrected chi connectivity index (χ1v) is 7.15. The van der Waals surface area contributed by atoms with Crippen molar-refractivity contribution >= 4 is 11.5 Å². The summed E-state index contributed by atoms with van der Waals surface area (Å²) in [5.41, 5.74) is 5.52. The van der Waals surface area contributed by atoms with Gasteiger partial charge >= 0.3 is 5.97 Å². The van der Waals surface area contributed by atoms with Gasteiger partial charge in [0.25, 0.3) is 0 Å². The molecule has 0 aromatic heterocycles. The van der Waals surface area contributed by atoms with Crippen LogP contribution in [0.15, 0.2) is 48.5 Å². The number of hydrogen-bond donors (Lipinski definition) is 0. The number of nitriles is 1. The molecule has 0 N–H and O–H groups in total. The molecule has 0 radical (unpaired) electrons. The molecule has 0 heterocycles. The van der Waals surface area contributed by atoms with Crippen molar-refractivity contribution in [3.8, 4) is 6.07 Å². The molecule has 0 saturated heterocycles. The summed E-state index contributed by atoms with van der Waals surface area (Å²) in [4.78, 5) is 11.8. The van der Waals surface area contributed by atoms with Crippen molar-refractivity contribution in [1.82, 2.24) is 0 Å². The molecule has 2 aromatic carbocycles. The summed E-state index contributed by atoms with van der Waals surface area (Å²) in [5.74, 6) is -0.335. The van der Waals surface area contributed by atoms with E-state index in [1.54, 1.807) is 12.1 Å². The zero-order valence-corrected chi connectivity index (χ0v) is 12.3. The molecule has 3 rings (SSSR count). The molecule has 3 heteroatoms. The van der Waals surface area contributed by atoms with Crippen molar-refractivity contribution in [3.63, 3.8) is 0 Å². The number of esters is 1. The number of allylic oxidation sites excluding steroid dienone is 1. The Morgan fingerprint density at radius 1 is 1.23 bits per heavy atom. The van der Waals surface area contributed by atoms with Gasteiger partial charge in [-0.15, -0.1) is 0 Å². The number of aryl methyl sites for hydroxylation is 1. The molecular formula is C19H15NO2. The second-order valence-corrected chi connectivity index (χ2v) is 5.21. The van der Waals surface area contributed by atoms with Crippen LogP contribution in [0.25, 0.3) is 5.57 Å². The topological polar surface area (TPSA) is 50.1 Å². The van der Waals surface area contributed by atoms with Crippen molar-refractivity contribution in [3.05, 3.63) is 76.4 Å². The van der Waals surface area contributed by atoms with E-state index in [1.807, 2.05) is 30.3 Å². The van der Waals surface area contributed by atoms with Crippen LogP contribution in [0.5, 0.6) is 0 Å². The Morgan fingerprint density at radius 3 is 2.86 bits per heavy atom. The van der Waals surface area contributed by atoms with E-state index in [-0.39, 0.29) is 5.97 Å². The third kappa shape index (κ3) is 2.51. The Hall–Kier alpha value is -2.86. The van der Waals surface area contributed by atoms with E-state index in [0.717, 1.165) is 29.5 Å². The van der Waals surface area contributed by atoms with E-state index < -0.39 is 0 Å². The van der Waals surface area contributed by atoms with Gasteiger partial charge in [0.2, 0.25) is 0 Å². The standard InChI is InChI=1S/C19H15NO2/c1-22-19(21)16-9-8-14-5-3-7-17(18(14)11-16)15-6-2-4-13(10-15)12-20/h2,4,6-11H,3,5H2,1H3. The van der Waals surface area contributed by atoms with Crippen LogP contribution in [0.1, 0.15) is 39.0 Å². The van der Waals surface area contributed by atoms with Gasteiger partial charge in [-0.3, -0.25) is 0 Å². The Bertz CT molecular complexity index is 812. The van der Waals surface area contributed by atoms with E-state index >= 15 is 0 Å². The predicted octanol–water partition coefficient (Wildman–Crippen LogP) is 3.72. The number of carbonyl (C=O) groups is 1. The largest absolute Gasteiger partial charge is 0.465 e. The average molecular weight is 289 g/mol. The van der Waals surface area contributed by atoms with Crippen molar-refractivity contribution in [1.29, 1.82) is 5.26 Å². The lowest BCUT2D eigenvalue weighted by atomic mass is 9.85. The number of nitrogens with zero attached hydrogens (tertiary/aromatic N) is 1. The van der Waals surface area contributed by atoms with Gasteiger partial charge in [0.15, 0.2) is 0 Å². The maximum atomic E-state index is 11.8. The van der Waals surface area contributed by atoms with Crippen LogP contribution in [0.3, 0.4) is 0 Å². The monoisotopic (exact) mass is 289 g/mol. The number of benzene rings is 2. The molecule has 0 spiro atoms. The zero-order valence-electron chi connectivity index (χ0n) is 12.3. The molecule has 0 saturated carbocycles. The fourth-order valence-electron chi connectivity index (χ4n) is 2.80. The van der Waals surface area contributed by atoms with Gasteiger partial charge in [0, 0.05) is 0 Å². The SMILES string of the molecule is COC(=O)c1ccc2c(c1)C(c1cccc(C#N)c1)=CCC2. The predicted molar refractivity (Wildman–Crippen MR) is 84.3 cm³/mol. The summed E-state index contributed by atoms with van der Waals surface area (Å²) in [7, 11) is 1.38. The first-order chi connectivity index (χ1) is 10.7. The second-order valence-electron chi connectivity index (χ2n) is 5.21. The first-order valence-electron chi connectivity index (χ1n) is 7.15. The van der Waals surface area contributed by atoms with Crippen LogP contribution in [0.4, 0.5) is 0 Å². The van der Waals surface area contributed by atoms with Crippen molar-refractivity contribution < 1.29 is 9.53 Å². The van der Waals surface area contributed by atoms with Crippen LogP contribution < -0.4 is 0 Å². The summed E-state index contributed by atoms with van der Waals surface area (Å²) in [6, 6.07) is 15.4. The number of hydrogen-bond acceptors (Lipinski definition) is 3. The van der Waals surface area contributed by atoms with Gasteiger partial charge < -0.3 is 4.74 Å².